The SMILES string of the molecule is NC[C@@H]1CN(C(=O)CCc2cccc([N+](=O)[O-])c2)C[C@H]1c1ccccc1. The lowest BCUT2D eigenvalue weighted by molar-refractivity contribution is -0.384. The van der Waals surface area contributed by atoms with Crippen molar-refractivity contribution >= 4 is 11.6 Å². The van der Waals surface area contributed by atoms with Crippen LogP contribution in [0.4, 0.5) is 5.69 Å². The highest BCUT2D eigenvalue weighted by molar-refractivity contribution is 5.77. The molecule has 1 saturated heterocycles. The van der Waals surface area contributed by atoms with Crippen LogP contribution in [-0.2, 0) is 11.2 Å². The summed E-state index contributed by atoms with van der Waals surface area (Å²) in [7, 11) is 0. The minimum absolute atomic E-state index is 0.0588. The van der Waals surface area contributed by atoms with Gasteiger partial charge in [0, 0.05) is 37.6 Å². The van der Waals surface area contributed by atoms with Crippen LogP contribution < -0.4 is 5.73 Å². The van der Waals surface area contributed by atoms with Crippen LogP contribution in [0.3, 0.4) is 0 Å². The number of carbonyl (C=O) groups excluding carboxylic acids is 1. The van der Waals surface area contributed by atoms with E-state index in [0.29, 0.717) is 32.5 Å². The average Bonchev–Trinajstić information content (AvgIpc) is 3.11. The van der Waals surface area contributed by atoms with Crippen LogP contribution in [0.5, 0.6) is 0 Å². The molecule has 26 heavy (non-hydrogen) atoms. The van der Waals surface area contributed by atoms with Gasteiger partial charge in [0.05, 0.1) is 4.92 Å². The van der Waals surface area contributed by atoms with Gasteiger partial charge in [-0.2, -0.15) is 0 Å². The molecule has 2 atom stereocenters. The lowest BCUT2D eigenvalue weighted by atomic mass is 9.89. The molecule has 1 amide bonds. The molecule has 136 valence electrons. The highest BCUT2D eigenvalue weighted by Gasteiger charge is 2.34. The summed E-state index contributed by atoms with van der Waals surface area (Å²) in [5.41, 5.74) is 8.02. The minimum Gasteiger partial charge on any atom is -0.342 e. The van der Waals surface area contributed by atoms with Crippen LogP contribution in [0.25, 0.3) is 0 Å². The summed E-state index contributed by atoms with van der Waals surface area (Å²) in [6.07, 6.45) is 0.847. The smallest absolute Gasteiger partial charge is 0.269 e. The van der Waals surface area contributed by atoms with E-state index < -0.39 is 4.92 Å². The van der Waals surface area contributed by atoms with E-state index in [2.05, 4.69) is 12.1 Å². The molecule has 0 aliphatic carbocycles. The second-order valence-corrected chi connectivity index (χ2v) is 6.74. The third-order valence-electron chi connectivity index (χ3n) is 5.07. The molecule has 0 radical (unpaired) electrons. The van der Waals surface area contributed by atoms with Gasteiger partial charge in [-0.15, -0.1) is 0 Å². The van der Waals surface area contributed by atoms with Crippen LogP contribution in [0.2, 0.25) is 0 Å². The number of nitrogens with two attached hydrogens (primary N) is 1. The molecule has 1 heterocycles. The predicted molar refractivity (Wildman–Crippen MR) is 99.7 cm³/mol. The van der Waals surface area contributed by atoms with Crippen LogP contribution in [0.15, 0.2) is 54.6 Å². The number of amides is 1. The van der Waals surface area contributed by atoms with Gasteiger partial charge in [0.15, 0.2) is 0 Å². The quantitative estimate of drug-likeness (QED) is 0.639. The van der Waals surface area contributed by atoms with E-state index in [1.54, 1.807) is 6.07 Å². The topological polar surface area (TPSA) is 89.5 Å². The number of nitrogens with zero attached hydrogens (tertiary/aromatic N) is 2. The third-order valence-corrected chi connectivity index (χ3v) is 5.07. The first-order valence-electron chi connectivity index (χ1n) is 8.84. The van der Waals surface area contributed by atoms with Crippen LogP contribution in [0, 0.1) is 16.0 Å². The van der Waals surface area contributed by atoms with Crippen molar-refractivity contribution in [3.8, 4) is 0 Å². The normalized spacial score (nSPS) is 19.5. The molecule has 2 aromatic carbocycles. The van der Waals surface area contributed by atoms with Gasteiger partial charge in [-0.05, 0) is 30.0 Å². The number of rotatable bonds is 6. The molecular formula is C20H23N3O3. The number of benzene rings is 2. The van der Waals surface area contributed by atoms with Gasteiger partial charge in [-0.3, -0.25) is 14.9 Å². The van der Waals surface area contributed by atoms with E-state index in [1.807, 2.05) is 29.2 Å². The first kappa shape index (κ1) is 18.1. The van der Waals surface area contributed by atoms with Gasteiger partial charge in [0.2, 0.25) is 5.91 Å². The number of hydrogen-bond acceptors (Lipinski definition) is 4. The molecule has 0 spiro atoms. The Morgan fingerprint density at radius 1 is 1.15 bits per heavy atom. The van der Waals surface area contributed by atoms with Crippen molar-refractivity contribution in [2.75, 3.05) is 19.6 Å². The highest BCUT2D eigenvalue weighted by Crippen LogP contribution is 2.32. The largest absolute Gasteiger partial charge is 0.342 e. The molecule has 1 aliphatic rings. The van der Waals surface area contributed by atoms with Crippen molar-refractivity contribution in [1.82, 2.24) is 4.90 Å². The highest BCUT2D eigenvalue weighted by atomic mass is 16.6. The molecule has 3 rings (SSSR count). The zero-order chi connectivity index (χ0) is 18.5. The third kappa shape index (κ3) is 4.08. The molecule has 0 saturated carbocycles. The summed E-state index contributed by atoms with van der Waals surface area (Å²) in [5, 5.41) is 10.9. The van der Waals surface area contributed by atoms with E-state index in [1.165, 1.54) is 17.7 Å². The maximum atomic E-state index is 12.6. The van der Waals surface area contributed by atoms with E-state index in [4.69, 9.17) is 5.73 Å². The Balaban J connectivity index is 1.62. The predicted octanol–water partition coefficient (Wildman–Crippen LogP) is 2.73. The van der Waals surface area contributed by atoms with E-state index >= 15 is 0 Å². The van der Waals surface area contributed by atoms with Crippen molar-refractivity contribution in [1.29, 1.82) is 0 Å². The zero-order valence-electron chi connectivity index (χ0n) is 14.6. The number of non-ortho nitro benzene ring substituents is 1. The lowest BCUT2D eigenvalue weighted by Gasteiger charge is -2.17. The fourth-order valence-corrected chi connectivity index (χ4v) is 3.63. The zero-order valence-corrected chi connectivity index (χ0v) is 14.6. The molecule has 1 fully saturated rings. The monoisotopic (exact) mass is 353 g/mol. The number of carbonyl (C=O) groups is 1. The minimum atomic E-state index is -0.415. The van der Waals surface area contributed by atoms with Crippen molar-refractivity contribution in [3.05, 3.63) is 75.8 Å². The van der Waals surface area contributed by atoms with E-state index in [0.717, 1.165) is 5.56 Å². The summed E-state index contributed by atoms with van der Waals surface area (Å²) in [6, 6.07) is 16.6. The number of nitro benzene ring substituents is 1. The number of aryl methyl sites for hydroxylation is 1. The van der Waals surface area contributed by atoms with Crippen LogP contribution in [-0.4, -0.2) is 35.4 Å². The standard InChI is InChI=1S/C20H23N3O3/c21-12-17-13-22(14-19(17)16-6-2-1-3-7-16)20(24)10-9-15-5-4-8-18(11-15)23(25)26/h1-8,11,17,19H,9-10,12-14,21H2/t17-,19+/m1/s1. The fourth-order valence-electron chi connectivity index (χ4n) is 3.63. The maximum absolute atomic E-state index is 12.6. The number of likely N-dealkylation sites (tertiary alicyclic amines) is 1. The first-order valence-corrected chi connectivity index (χ1v) is 8.84. The summed E-state index contributed by atoms with van der Waals surface area (Å²) in [6.45, 7) is 1.90. The fraction of sp³-hybridized carbons (Fsp3) is 0.350. The molecule has 6 heteroatoms. The molecule has 0 unspecified atom stereocenters. The van der Waals surface area contributed by atoms with Crippen molar-refractivity contribution in [3.63, 3.8) is 0 Å². The second-order valence-electron chi connectivity index (χ2n) is 6.74. The molecule has 1 aliphatic heterocycles. The van der Waals surface area contributed by atoms with Gasteiger partial charge in [-0.1, -0.05) is 42.5 Å². The molecule has 2 aromatic rings. The Labute approximate surface area is 152 Å². The summed E-state index contributed by atoms with van der Waals surface area (Å²) in [4.78, 5) is 25.0. The van der Waals surface area contributed by atoms with Gasteiger partial charge in [0.25, 0.3) is 5.69 Å². The van der Waals surface area contributed by atoms with Crippen molar-refractivity contribution < 1.29 is 9.72 Å². The van der Waals surface area contributed by atoms with Gasteiger partial charge in [-0.25, -0.2) is 0 Å². The second kappa shape index (κ2) is 8.10. The van der Waals surface area contributed by atoms with Gasteiger partial charge < -0.3 is 10.6 Å². The molecular weight excluding hydrogens is 330 g/mol. The molecule has 0 aromatic heterocycles. The summed E-state index contributed by atoms with van der Waals surface area (Å²) >= 11 is 0. The Morgan fingerprint density at radius 3 is 2.62 bits per heavy atom. The number of nitro groups is 1. The Kier molecular flexibility index (Phi) is 5.63. The van der Waals surface area contributed by atoms with Gasteiger partial charge >= 0.3 is 0 Å². The Morgan fingerprint density at radius 2 is 1.92 bits per heavy atom. The van der Waals surface area contributed by atoms with Gasteiger partial charge in [0.1, 0.15) is 0 Å². The first-order chi connectivity index (χ1) is 12.6. The lowest BCUT2D eigenvalue weighted by Crippen LogP contribution is -2.30. The Bertz CT molecular complexity index is 779. The molecule has 6 nitrogen and oxygen atoms in total. The average molecular weight is 353 g/mol. The van der Waals surface area contributed by atoms with Crippen LogP contribution >= 0.6 is 0 Å². The number of hydrogen-bond donors (Lipinski definition) is 1. The molecule has 0 bridgehead atoms. The van der Waals surface area contributed by atoms with Crippen LogP contribution in [0.1, 0.15) is 23.5 Å². The molecule has 2 N–H and O–H groups in total. The van der Waals surface area contributed by atoms with Crippen molar-refractivity contribution in [2.24, 2.45) is 11.7 Å². The summed E-state index contributed by atoms with van der Waals surface area (Å²) in [5.74, 6) is 0.607. The Hall–Kier alpha value is -2.73. The van der Waals surface area contributed by atoms with E-state index in [-0.39, 0.29) is 23.4 Å². The van der Waals surface area contributed by atoms with Crippen molar-refractivity contribution in [2.45, 2.75) is 18.8 Å². The summed E-state index contributed by atoms with van der Waals surface area (Å²) < 4.78 is 0. The van der Waals surface area contributed by atoms with E-state index in [9.17, 15) is 14.9 Å². The maximum Gasteiger partial charge on any atom is 0.269 e.